The zero-order valence-electron chi connectivity index (χ0n) is 11.6. The van der Waals surface area contributed by atoms with Crippen LogP contribution in [0.25, 0.3) is 0 Å². The van der Waals surface area contributed by atoms with E-state index in [1.54, 1.807) is 6.20 Å². The van der Waals surface area contributed by atoms with Crippen LogP contribution in [0.4, 0.5) is 0 Å². The van der Waals surface area contributed by atoms with Crippen molar-refractivity contribution < 1.29 is 0 Å². The van der Waals surface area contributed by atoms with Gasteiger partial charge in [-0.05, 0) is 50.1 Å². The number of benzene rings is 1. The average molecular weight is 243 g/mol. The Balaban J connectivity index is 2.07. The van der Waals surface area contributed by atoms with Crippen molar-refractivity contribution >= 4 is 0 Å². The molecular formula is C15H21N3. The molecule has 0 aliphatic carbocycles. The van der Waals surface area contributed by atoms with Gasteiger partial charge >= 0.3 is 0 Å². The molecule has 0 saturated carbocycles. The van der Waals surface area contributed by atoms with Crippen LogP contribution in [-0.4, -0.2) is 21.9 Å². The molecule has 3 heteroatoms. The van der Waals surface area contributed by atoms with Gasteiger partial charge in [-0.25, -0.2) is 4.98 Å². The normalized spacial score (nSPS) is 11.2. The van der Waals surface area contributed by atoms with E-state index < -0.39 is 0 Å². The van der Waals surface area contributed by atoms with E-state index in [9.17, 15) is 0 Å². The summed E-state index contributed by atoms with van der Waals surface area (Å²) in [5, 5.41) is 0. The second kappa shape index (κ2) is 5.36. The predicted molar refractivity (Wildman–Crippen MR) is 74.4 cm³/mol. The first-order valence-electron chi connectivity index (χ1n) is 6.30. The molecule has 3 nitrogen and oxygen atoms in total. The minimum Gasteiger partial charge on any atom is -0.348 e. The van der Waals surface area contributed by atoms with Gasteiger partial charge in [-0.2, -0.15) is 0 Å². The van der Waals surface area contributed by atoms with E-state index in [4.69, 9.17) is 0 Å². The molecule has 2 aromatic rings. The number of nitrogens with one attached hydrogen (secondary N) is 1. The maximum atomic E-state index is 4.25. The number of rotatable bonds is 4. The third kappa shape index (κ3) is 2.99. The number of aromatic nitrogens is 2. The van der Waals surface area contributed by atoms with Crippen molar-refractivity contribution in [2.75, 3.05) is 7.05 Å². The second-order valence-electron chi connectivity index (χ2n) is 5.07. The number of H-pyrrole nitrogens is 1. The predicted octanol–water partition coefficient (Wildman–Crippen LogP) is 2.97. The Labute approximate surface area is 109 Å². The Kier molecular flexibility index (Phi) is 3.82. The Morgan fingerprint density at radius 1 is 1.06 bits per heavy atom. The Hall–Kier alpha value is -1.61. The van der Waals surface area contributed by atoms with Crippen molar-refractivity contribution in [2.24, 2.45) is 0 Å². The van der Waals surface area contributed by atoms with Gasteiger partial charge in [-0.3, -0.25) is 4.90 Å². The zero-order chi connectivity index (χ0) is 13.1. The maximum Gasteiger partial charge on any atom is 0.120 e. The summed E-state index contributed by atoms with van der Waals surface area (Å²) in [5.41, 5.74) is 5.49. The topological polar surface area (TPSA) is 31.9 Å². The highest BCUT2D eigenvalue weighted by molar-refractivity contribution is 5.36. The van der Waals surface area contributed by atoms with Gasteiger partial charge in [0.05, 0.1) is 6.54 Å². The lowest BCUT2D eigenvalue weighted by Crippen LogP contribution is -2.18. The molecule has 0 bridgehead atoms. The van der Waals surface area contributed by atoms with Crippen molar-refractivity contribution in [1.82, 2.24) is 14.9 Å². The first-order chi connectivity index (χ1) is 8.56. The molecule has 0 aliphatic rings. The number of imidazole rings is 1. The van der Waals surface area contributed by atoms with Crippen molar-refractivity contribution in [1.29, 1.82) is 0 Å². The SMILES string of the molecule is Cc1cc(C)c(CN(C)Cc2ncc[nH]2)cc1C. The second-order valence-corrected chi connectivity index (χ2v) is 5.07. The minimum absolute atomic E-state index is 0.847. The molecule has 0 atom stereocenters. The first kappa shape index (κ1) is 12.8. The highest BCUT2D eigenvalue weighted by Gasteiger charge is 2.07. The van der Waals surface area contributed by atoms with Crippen LogP contribution in [0.2, 0.25) is 0 Å². The summed E-state index contributed by atoms with van der Waals surface area (Å²) in [6, 6.07) is 4.56. The van der Waals surface area contributed by atoms with Crippen molar-refractivity contribution in [2.45, 2.75) is 33.9 Å². The molecule has 2 rings (SSSR count). The molecule has 18 heavy (non-hydrogen) atoms. The van der Waals surface area contributed by atoms with Gasteiger partial charge in [-0.1, -0.05) is 12.1 Å². The third-order valence-electron chi connectivity index (χ3n) is 3.37. The summed E-state index contributed by atoms with van der Waals surface area (Å²) in [4.78, 5) is 9.66. The van der Waals surface area contributed by atoms with Crippen LogP contribution in [0.15, 0.2) is 24.5 Å². The molecule has 0 radical (unpaired) electrons. The van der Waals surface area contributed by atoms with Gasteiger partial charge < -0.3 is 4.98 Å². The summed E-state index contributed by atoms with van der Waals surface area (Å²) < 4.78 is 0. The quantitative estimate of drug-likeness (QED) is 0.895. The summed E-state index contributed by atoms with van der Waals surface area (Å²) in [6.45, 7) is 8.32. The standard InChI is InChI=1S/C15H21N3/c1-11-7-13(3)14(8-12(11)2)9-18(4)10-15-16-5-6-17-15/h5-8H,9-10H2,1-4H3,(H,16,17). The molecular weight excluding hydrogens is 222 g/mol. The number of hydrogen-bond donors (Lipinski definition) is 1. The Morgan fingerprint density at radius 2 is 1.78 bits per heavy atom. The van der Waals surface area contributed by atoms with E-state index in [-0.39, 0.29) is 0 Å². The summed E-state index contributed by atoms with van der Waals surface area (Å²) in [7, 11) is 2.12. The maximum absolute atomic E-state index is 4.25. The molecule has 1 N–H and O–H groups in total. The smallest absolute Gasteiger partial charge is 0.120 e. The van der Waals surface area contributed by atoms with Crippen molar-refractivity contribution in [3.8, 4) is 0 Å². The van der Waals surface area contributed by atoms with E-state index in [0.29, 0.717) is 0 Å². The summed E-state index contributed by atoms with van der Waals surface area (Å²) in [5.74, 6) is 1.01. The molecule has 0 saturated heterocycles. The van der Waals surface area contributed by atoms with Crippen molar-refractivity contribution in [3.63, 3.8) is 0 Å². The fraction of sp³-hybridized carbons (Fsp3) is 0.400. The molecule has 1 heterocycles. The molecule has 0 unspecified atom stereocenters. The van der Waals surface area contributed by atoms with E-state index in [1.165, 1.54) is 22.3 Å². The molecule has 96 valence electrons. The highest BCUT2D eigenvalue weighted by atomic mass is 15.1. The third-order valence-corrected chi connectivity index (χ3v) is 3.37. The molecule has 0 amide bonds. The zero-order valence-corrected chi connectivity index (χ0v) is 11.6. The highest BCUT2D eigenvalue weighted by Crippen LogP contribution is 2.17. The van der Waals surface area contributed by atoms with Gasteiger partial charge in [0, 0.05) is 18.9 Å². The van der Waals surface area contributed by atoms with E-state index in [1.807, 2.05) is 6.20 Å². The summed E-state index contributed by atoms with van der Waals surface area (Å²) >= 11 is 0. The first-order valence-corrected chi connectivity index (χ1v) is 6.30. The monoisotopic (exact) mass is 243 g/mol. The van der Waals surface area contributed by atoms with Gasteiger partial charge in [0.1, 0.15) is 5.82 Å². The van der Waals surface area contributed by atoms with E-state index in [2.05, 4.69) is 54.8 Å². The number of aromatic amines is 1. The van der Waals surface area contributed by atoms with Crippen LogP contribution in [-0.2, 0) is 13.1 Å². The van der Waals surface area contributed by atoms with Gasteiger partial charge in [0.2, 0.25) is 0 Å². The van der Waals surface area contributed by atoms with Crippen LogP contribution in [0, 0.1) is 20.8 Å². The van der Waals surface area contributed by atoms with Gasteiger partial charge in [0.25, 0.3) is 0 Å². The van der Waals surface area contributed by atoms with Crippen LogP contribution >= 0.6 is 0 Å². The number of nitrogens with zero attached hydrogens (tertiary/aromatic N) is 2. The molecule has 0 fully saturated rings. The van der Waals surface area contributed by atoms with Crippen LogP contribution < -0.4 is 0 Å². The lowest BCUT2D eigenvalue weighted by atomic mass is 10.0. The number of aryl methyl sites for hydroxylation is 3. The lowest BCUT2D eigenvalue weighted by molar-refractivity contribution is 0.311. The van der Waals surface area contributed by atoms with Crippen LogP contribution in [0.5, 0.6) is 0 Å². The molecule has 1 aromatic carbocycles. The van der Waals surface area contributed by atoms with Gasteiger partial charge in [0.15, 0.2) is 0 Å². The minimum atomic E-state index is 0.847. The fourth-order valence-corrected chi connectivity index (χ4v) is 2.18. The molecule has 0 spiro atoms. The fourth-order valence-electron chi connectivity index (χ4n) is 2.18. The largest absolute Gasteiger partial charge is 0.348 e. The van der Waals surface area contributed by atoms with Crippen LogP contribution in [0.1, 0.15) is 28.1 Å². The Bertz CT molecular complexity index is 515. The Morgan fingerprint density at radius 3 is 2.44 bits per heavy atom. The van der Waals surface area contributed by atoms with Gasteiger partial charge in [-0.15, -0.1) is 0 Å². The van der Waals surface area contributed by atoms with E-state index >= 15 is 0 Å². The average Bonchev–Trinajstić information content (AvgIpc) is 2.78. The lowest BCUT2D eigenvalue weighted by Gasteiger charge is -2.18. The molecule has 1 aromatic heterocycles. The number of hydrogen-bond acceptors (Lipinski definition) is 2. The van der Waals surface area contributed by atoms with Crippen LogP contribution in [0.3, 0.4) is 0 Å². The van der Waals surface area contributed by atoms with E-state index in [0.717, 1.165) is 18.9 Å². The molecule has 0 aliphatic heterocycles. The van der Waals surface area contributed by atoms with Crippen molar-refractivity contribution in [3.05, 3.63) is 52.6 Å². The summed E-state index contributed by atoms with van der Waals surface area (Å²) in [6.07, 6.45) is 3.66.